The molecule has 4 rings (SSSR count). The highest BCUT2D eigenvalue weighted by Gasteiger charge is 2.29. The largest absolute Gasteiger partial charge is 0.492 e. The lowest BCUT2D eigenvalue weighted by atomic mass is 10.2. The maximum absolute atomic E-state index is 13.7. The molecule has 1 aromatic heterocycles. The average molecular weight is 596 g/mol. The molecule has 3 aromatic carbocycles. The van der Waals surface area contributed by atoms with E-state index in [2.05, 4.69) is 20.0 Å². The topological polar surface area (TPSA) is 148 Å². The van der Waals surface area contributed by atoms with Crippen molar-refractivity contribution in [3.05, 3.63) is 96.3 Å². The van der Waals surface area contributed by atoms with Gasteiger partial charge in [0.15, 0.2) is 0 Å². The molecule has 1 amide bonds. The highest BCUT2D eigenvalue weighted by atomic mass is 32.2. The van der Waals surface area contributed by atoms with Gasteiger partial charge >= 0.3 is 0 Å². The third-order valence-electron chi connectivity index (χ3n) is 5.80. The summed E-state index contributed by atoms with van der Waals surface area (Å²) in [6, 6.07) is 19.9. The Hall–Kier alpha value is -4.49. The molecule has 11 nitrogen and oxygen atoms in total. The van der Waals surface area contributed by atoms with Crippen molar-refractivity contribution in [3.63, 3.8) is 0 Å². The van der Waals surface area contributed by atoms with Gasteiger partial charge in [-0.15, -0.1) is 0 Å². The van der Waals surface area contributed by atoms with Crippen molar-refractivity contribution in [1.82, 2.24) is 9.97 Å². The molecule has 0 fully saturated rings. The number of carbonyl (C=O) groups excluding carboxylic acids is 1. The van der Waals surface area contributed by atoms with Crippen LogP contribution in [0.15, 0.2) is 94.9 Å². The zero-order valence-corrected chi connectivity index (χ0v) is 24.2. The fourth-order valence-electron chi connectivity index (χ4n) is 3.80. The second kappa shape index (κ2) is 12.4. The molecule has 0 saturated heterocycles. The number of ether oxygens (including phenoxy) is 1. The van der Waals surface area contributed by atoms with Crippen LogP contribution in [-0.4, -0.2) is 45.9 Å². The quantitative estimate of drug-likeness (QED) is 0.263. The lowest BCUT2D eigenvalue weighted by Gasteiger charge is -2.26. The minimum absolute atomic E-state index is 0.0156. The van der Waals surface area contributed by atoms with Gasteiger partial charge in [-0.1, -0.05) is 29.8 Å². The van der Waals surface area contributed by atoms with Gasteiger partial charge in [0.2, 0.25) is 11.9 Å². The number of aromatic nitrogens is 2. The van der Waals surface area contributed by atoms with Gasteiger partial charge in [-0.3, -0.25) is 9.10 Å². The second-order valence-corrected chi connectivity index (χ2v) is 12.5. The maximum Gasteiger partial charge on any atom is 0.264 e. The SMILES string of the molecule is CCOc1ccccc1N(CC(=O)Nc1ccc(S(=O)(=O)Nc2nccc(C)n2)cc1)S(=O)(=O)c1ccc(C)cc1. The number of nitrogens with zero attached hydrogens (tertiary/aromatic N) is 3. The van der Waals surface area contributed by atoms with Crippen LogP contribution in [0, 0.1) is 13.8 Å². The minimum Gasteiger partial charge on any atom is -0.492 e. The Morgan fingerprint density at radius 3 is 2.20 bits per heavy atom. The van der Waals surface area contributed by atoms with Gasteiger partial charge in [0.25, 0.3) is 20.0 Å². The van der Waals surface area contributed by atoms with Crippen LogP contribution in [-0.2, 0) is 24.8 Å². The molecule has 1 heterocycles. The van der Waals surface area contributed by atoms with Gasteiger partial charge in [0, 0.05) is 17.6 Å². The Morgan fingerprint density at radius 1 is 0.878 bits per heavy atom. The summed E-state index contributed by atoms with van der Waals surface area (Å²) in [5.74, 6) is -0.406. The van der Waals surface area contributed by atoms with E-state index in [-0.39, 0.29) is 27.1 Å². The van der Waals surface area contributed by atoms with Crippen LogP contribution < -0.4 is 19.1 Å². The van der Waals surface area contributed by atoms with Crippen LogP contribution in [0.1, 0.15) is 18.2 Å². The summed E-state index contributed by atoms with van der Waals surface area (Å²) in [5.41, 5.74) is 1.95. The molecular weight excluding hydrogens is 566 g/mol. The van der Waals surface area contributed by atoms with E-state index in [0.29, 0.717) is 18.1 Å². The van der Waals surface area contributed by atoms with Crippen LogP contribution in [0.25, 0.3) is 0 Å². The number of para-hydroxylation sites is 2. The fraction of sp³-hybridized carbons (Fsp3) is 0.179. The molecule has 0 atom stereocenters. The fourth-order valence-corrected chi connectivity index (χ4v) is 6.19. The van der Waals surface area contributed by atoms with Crippen molar-refractivity contribution in [3.8, 4) is 5.75 Å². The number of hydrogen-bond donors (Lipinski definition) is 2. The number of rotatable bonds is 11. The third-order valence-corrected chi connectivity index (χ3v) is 8.92. The van der Waals surface area contributed by atoms with Crippen LogP contribution >= 0.6 is 0 Å². The minimum atomic E-state index is -4.16. The number of benzene rings is 3. The highest BCUT2D eigenvalue weighted by Crippen LogP contribution is 2.32. The Kier molecular flexibility index (Phi) is 8.89. The van der Waals surface area contributed by atoms with Gasteiger partial charge in [-0.05, 0) is 75.4 Å². The van der Waals surface area contributed by atoms with Crippen LogP contribution in [0.3, 0.4) is 0 Å². The first-order valence-corrected chi connectivity index (χ1v) is 15.5. The van der Waals surface area contributed by atoms with E-state index in [1.165, 1.54) is 42.6 Å². The molecule has 0 aliphatic heterocycles. The van der Waals surface area contributed by atoms with Crippen molar-refractivity contribution in [2.24, 2.45) is 0 Å². The van der Waals surface area contributed by atoms with E-state index in [1.54, 1.807) is 56.3 Å². The second-order valence-electron chi connectivity index (χ2n) is 8.93. The summed E-state index contributed by atoms with van der Waals surface area (Å²) in [6.45, 7) is 5.05. The summed E-state index contributed by atoms with van der Waals surface area (Å²) in [7, 11) is -8.15. The van der Waals surface area contributed by atoms with Crippen molar-refractivity contribution >= 4 is 43.3 Å². The number of carbonyl (C=O) groups is 1. The van der Waals surface area contributed by atoms with E-state index in [1.807, 2.05) is 6.92 Å². The molecule has 214 valence electrons. The van der Waals surface area contributed by atoms with E-state index in [4.69, 9.17) is 4.74 Å². The van der Waals surface area contributed by atoms with E-state index < -0.39 is 32.5 Å². The first-order valence-electron chi connectivity index (χ1n) is 12.5. The number of anilines is 3. The third kappa shape index (κ3) is 7.18. The smallest absolute Gasteiger partial charge is 0.264 e. The molecule has 0 unspecified atom stereocenters. The maximum atomic E-state index is 13.7. The molecule has 41 heavy (non-hydrogen) atoms. The lowest BCUT2D eigenvalue weighted by molar-refractivity contribution is -0.114. The molecule has 0 aliphatic rings. The van der Waals surface area contributed by atoms with Gasteiger partial charge in [-0.2, -0.15) is 0 Å². The summed E-state index contributed by atoms with van der Waals surface area (Å²) < 4.78 is 61.9. The van der Waals surface area contributed by atoms with Crippen LogP contribution in [0.4, 0.5) is 17.3 Å². The first kappa shape index (κ1) is 29.5. The van der Waals surface area contributed by atoms with Gasteiger partial charge in [0.05, 0.1) is 22.1 Å². The molecule has 0 aliphatic carbocycles. The summed E-state index contributed by atoms with van der Waals surface area (Å²) in [4.78, 5) is 21.0. The van der Waals surface area contributed by atoms with Crippen molar-refractivity contribution in [2.45, 2.75) is 30.6 Å². The zero-order chi connectivity index (χ0) is 29.6. The first-order chi connectivity index (χ1) is 19.5. The molecule has 0 radical (unpaired) electrons. The average Bonchev–Trinajstić information content (AvgIpc) is 2.93. The number of sulfonamides is 2. The summed E-state index contributed by atoms with van der Waals surface area (Å²) in [5, 5.41) is 2.64. The molecule has 0 spiro atoms. The monoisotopic (exact) mass is 595 g/mol. The van der Waals surface area contributed by atoms with Gasteiger partial charge in [0.1, 0.15) is 12.3 Å². The normalized spacial score (nSPS) is 11.5. The molecular formula is C28H29N5O6S2. The van der Waals surface area contributed by atoms with Crippen molar-refractivity contribution in [1.29, 1.82) is 0 Å². The molecule has 4 aromatic rings. The number of amides is 1. The van der Waals surface area contributed by atoms with Crippen LogP contribution in [0.2, 0.25) is 0 Å². The molecule has 0 saturated carbocycles. The van der Waals surface area contributed by atoms with Crippen LogP contribution in [0.5, 0.6) is 5.75 Å². The summed E-state index contributed by atoms with van der Waals surface area (Å²) >= 11 is 0. The van der Waals surface area contributed by atoms with Crippen molar-refractivity contribution < 1.29 is 26.4 Å². The zero-order valence-electron chi connectivity index (χ0n) is 22.6. The summed E-state index contributed by atoms with van der Waals surface area (Å²) in [6.07, 6.45) is 1.44. The van der Waals surface area contributed by atoms with Gasteiger partial charge in [-0.25, -0.2) is 31.5 Å². The number of hydrogen-bond acceptors (Lipinski definition) is 8. The van der Waals surface area contributed by atoms with E-state index in [0.717, 1.165) is 9.87 Å². The van der Waals surface area contributed by atoms with Gasteiger partial charge < -0.3 is 10.1 Å². The Labute approximate surface area is 239 Å². The highest BCUT2D eigenvalue weighted by molar-refractivity contribution is 7.93. The van der Waals surface area contributed by atoms with E-state index >= 15 is 0 Å². The van der Waals surface area contributed by atoms with E-state index in [9.17, 15) is 21.6 Å². The predicted molar refractivity (Wildman–Crippen MR) is 156 cm³/mol. The number of aryl methyl sites for hydroxylation is 2. The number of nitrogens with one attached hydrogen (secondary N) is 2. The van der Waals surface area contributed by atoms with Crippen molar-refractivity contribution in [2.75, 3.05) is 27.5 Å². The standard InChI is InChI=1S/C28H29N5O6S2/c1-4-39-26-8-6-5-7-25(26)33(41(37,38)24-13-9-20(2)10-14-24)19-27(34)31-22-11-15-23(16-12-22)40(35,36)32-28-29-18-17-21(3)30-28/h5-18H,4,19H2,1-3H3,(H,31,34)(H,29,30,32). The predicted octanol–water partition coefficient (Wildman–Crippen LogP) is 4.13. The molecule has 0 bridgehead atoms. The lowest BCUT2D eigenvalue weighted by Crippen LogP contribution is -2.38. The Bertz CT molecular complexity index is 1740. The molecule has 13 heteroatoms. The Morgan fingerprint density at radius 2 is 1.54 bits per heavy atom. The molecule has 2 N–H and O–H groups in total. The Balaban J connectivity index is 1.57.